The van der Waals surface area contributed by atoms with Gasteiger partial charge in [0.1, 0.15) is 10.8 Å². The highest BCUT2D eigenvalue weighted by atomic mass is 79.9. The Morgan fingerprint density at radius 3 is 2.83 bits per heavy atom. The van der Waals surface area contributed by atoms with Gasteiger partial charge in [0.25, 0.3) is 0 Å². The molecule has 2 aromatic rings. The third-order valence-electron chi connectivity index (χ3n) is 2.17. The second-order valence-corrected chi connectivity index (χ2v) is 4.71. The molecule has 0 saturated carbocycles. The Labute approximate surface area is 117 Å². The van der Waals surface area contributed by atoms with E-state index in [-0.39, 0.29) is 10.8 Å². The number of hydrogen-bond acceptors (Lipinski definition) is 4. The first kappa shape index (κ1) is 12.8. The summed E-state index contributed by atoms with van der Waals surface area (Å²) in [5.74, 6) is 0.0952. The molecule has 0 fully saturated rings. The highest BCUT2D eigenvalue weighted by Gasteiger charge is 2.08. The summed E-state index contributed by atoms with van der Waals surface area (Å²) in [4.78, 5) is 0.216. The van der Waals surface area contributed by atoms with Gasteiger partial charge < -0.3 is 11.1 Å². The van der Waals surface area contributed by atoms with Crippen molar-refractivity contribution in [1.82, 2.24) is 10.2 Å². The standard InChI is InChI=1S/C11H8BrFN4S/c12-8-5-6(1-2-9(8)13)16-11-7(10(14)18)3-4-15-17-11/h1-5H,(H2,14,18)(H,16,17). The number of benzene rings is 1. The number of nitrogens with two attached hydrogens (primary N) is 1. The molecule has 1 heterocycles. The van der Waals surface area contributed by atoms with E-state index in [1.54, 1.807) is 18.2 Å². The van der Waals surface area contributed by atoms with Crippen LogP contribution in [0, 0.1) is 5.82 Å². The fourth-order valence-corrected chi connectivity index (χ4v) is 1.88. The van der Waals surface area contributed by atoms with Crippen LogP contribution in [0.3, 0.4) is 0 Å². The molecule has 0 atom stereocenters. The molecule has 0 spiro atoms. The maximum Gasteiger partial charge on any atom is 0.163 e. The van der Waals surface area contributed by atoms with Crippen molar-refractivity contribution in [3.05, 3.63) is 46.3 Å². The maximum atomic E-state index is 13.1. The van der Waals surface area contributed by atoms with Gasteiger partial charge in [-0.15, -0.1) is 5.10 Å². The van der Waals surface area contributed by atoms with Gasteiger partial charge in [-0.25, -0.2) is 4.39 Å². The van der Waals surface area contributed by atoms with Crippen molar-refractivity contribution in [1.29, 1.82) is 0 Å². The first-order valence-corrected chi connectivity index (χ1v) is 6.11. The molecule has 3 N–H and O–H groups in total. The Kier molecular flexibility index (Phi) is 3.83. The van der Waals surface area contributed by atoms with E-state index < -0.39 is 0 Å². The number of aromatic nitrogens is 2. The van der Waals surface area contributed by atoms with Gasteiger partial charge in [0.15, 0.2) is 5.82 Å². The lowest BCUT2D eigenvalue weighted by Crippen LogP contribution is -2.13. The predicted molar refractivity (Wildman–Crippen MR) is 75.3 cm³/mol. The van der Waals surface area contributed by atoms with Crippen LogP contribution < -0.4 is 11.1 Å². The molecule has 0 unspecified atom stereocenters. The maximum absolute atomic E-state index is 13.1. The lowest BCUT2D eigenvalue weighted by Gasteiger charge is -2.09. The summed E-state index contributed by atoms with van der Waals surface area (Å²) in [5.41, 5.74) is 6.81. The van der Waals surface area contributed by atoms with Crippen LogP contribution in [0.25, 0.3) is 0 Å². The van der Waals surface area contributed by atoms with Crippen LogP contribution in [0.4, 0.5) is 15.9 Å². The second kappa shape index (κ2) is 5.36. The van der Waals surface area contributed by atoms with Gasteiger partial charge in [-0.1, -0.05) is 12.2 Å². The van der Waals surface area contributed by atoms with E-state index in [0.717, 1.165) is 0 Å². The SMILES string of the molecule is NC(=S)c1ccnnc1Nc1ccc(F)c(Br)c1. The van der Waals surface area contributed by atoms with E-state index >= 15 is 0 Å². The van der Waals surface area contributed by atoms with Crippen LogP contribution in [-0.4, -0.2) is 15.2 Å². The molecule has 0 bridgehead atoms. The van der Waals surface area contributed by atoms with Crippen molar-refractivity contribution in [2.45, 2.75) is 0 Å². The van der Waals surface area contributed by atoms with Crippen molar-refractivity contribution in [2.75, 3.05) is 5.32 Å². The van der Waals surface area contributed by atoms with Gasteiger partial charge in [-0.05, 0) is 40.2 Å². The van der Waals surface area contributed by atoms with Crippen molar-refractivity contribution in [3.63, 3.8) is 0 Å². The molecular weight excluding hydrogens is 319 g/mol. The van der Waals surface area contributed by atoms with E-state index in [2.05, 4.69) is 31.4 Å². The summed E-state index contributed by atoms with van der Waals surface area (Å²) in [6.07, 6.45) is 1.50. The largest absolute Gasteiger partial charge is 0.389 e. The van der Waals surface area contributed by atoms with Crippen LogP contribution in [0.5, 0.6) is 0 Å². The van der Waals surface area contributed by atoms with Crippen molar-refractivity contribution in [3.8, 4) is 0 Å². The first-order valence-electron chi connectivity index (χ1n) is 4.91. The Balaban J connectivity index is 2.34. The number of nitrogens with zero attached hydrogens (tertiary/aromatic N) is 2. The number of halogens is 2. The van der Waals surface area contributed by atoms with E-state index in [1.165, 1.54) is 12.3 Å². The van der Waals surface area contributed by atoms with E-state index in [1.807, 2.05) is 0 Å². The topological polar surface area (TPSA) is 63.8 Å². The third-order valence-corrected chi connectivity index (χ3v) is 3.00. The number of nitrogens with one attached hydrogen (secondary N) is 1. The molecule has 1 aromatic heterocycles. The first-order chi connectivity index (χ1) is 8.58. The highest BCUT2D eigenvalue weighted by Crippen LogP contribution is 2.23. The van der Waals surface area contributed by atoms with Gasteiger partial charge >= 0.3 is 0 Å². The molecule has 0 amide bonds. The second-order valence-electron chi connectivity index (χ2n) is 3.41. The fraction of sp³-hybridized carbons (Fsp3) is 0. The van der Waals surface area contributed by atoms with Crippen LogP contribution in [0.1, 0.15) is 5.56 Å². The Hall–Kier alpha value is -1.60. The monoisotopic (exact) mass is 326 g/mol. The Morgan fingerprint density at radius 1 is 1.39 bits per heavy atom. The zero-order valence-corrected chi connectivity index (χ0v) is 11.4. The summed E-state index contributed by atoms with van der Waals surface area (Å²) in [5, 5.41) is 10.6. The minimum atomic E-state index is -0.339. The minimum absolute atomic E-state index is 0.216. The summed E-state index contributed by atoms with van der Waals surface area (Å²) in [7, 11) is 0. The Bertz CT molecular complexity index is 605. The zero-order valence-electron chi connectivity index (χ0n) is 9.02. The smallest absolute Gasteiger partial charge is 0.163 e. The predicted octanol–water partition coefficient (Wildman–Crippen LogP) is 2.76. The fourth-order valence-electron chi connectivity index (χ4n) is 1.33. The normalized spacial score (nSPS) is 10.1. The zero-order chi connectivity index (χ0) is 13.1. The van der Waals surface area contributed by atoms with Crippen LogP contribution >= 0.6 is 28.1 Å². The average Bonchev–Trinajstić information content (AvgIpc) is 2.34. The van der Waals surface area contributed by atoms with E-state index in [4.69, 9.17) is 18.0 Å². The summed E-state index contributed by atoms with van der Waals surface area (Å²) in [6.45, 7) is 0. The van der Waals surface area contributed by atoms with Gasteiger partial charge in [0.2, 0.25) is 0 Å². The van der Waals surface area contributed by atoms with Crippen molar-refractivity contribution < 1.29 is 4.39 Å². The number of thiocarbonyl (C=S) groups is 1. The van der Waals surface area contributed by atoms with Gasteiger partial charge in [0.05, 0.1) is 16.2 Å². The van der Waals surface area contributed by atoms with Gasteiger partial charge in [-0.2, -0.15) is 5.10 Å². The lowest BCUT2D eigenvalue weighted by atomic mass is 10.2. The van der Waals surface area contributed by atoms with Crippen LogP contribution in [0.2, 0.25) is 0 Å². The summed E-state index contributed by atoms with van der Waals surface area (Å²) < 4.78 is 13.5. The van der Waals surface area contributed by atoms with Gasteiger partial charge in [0, 0.05) is 5.69 Å². The van der Waals surface area contributed by atoms with Crippen LogP contribution in [-0.2, 0) is 0 Å². The molecule has 0 radical (unpaired) electrons. The van der Waals surface area contributed by atoms with Crippen LogP contribution in [0.15, 0.2) is 34.9 Å². The molecule has 0 aliphatic rings. The van der Waals surface area contributed by atoms with E-state index in [0.29, 0.717) is 21.5 Å². The molecule has 18 heavy (non-hydrogen) atoms. The molecule has 4 nitrogen and oxygen atoms in total. The molecule has 92 valence electrons. The Morgan fingerprint density at radius 2 is 2.17 bits per heavy atom. The molecule has 0 aliphatic carbocycles. The molecule has 2 rings (SSSR count). The average molecular weight is 327 g/mol. The number of hydrogen-bond donors (Lipinski definition) is 2. The lowest BCUT2D eigenvalue weighted by molar-refractivity contribution is 0.621. The number of anilines is 2. The molecule has 0 saturated heterocycles. The summed E-state index contributed by atoms with van der Waals surface area (Å²) >= 11 is 8.02. The van der Waals surface area contributed by atoms with Crippen molar-refractivity contribution >= 4 is 44.6 Å². The molecular formula is C11H8BrFN4S. The van der Waals surface area contributed by atoms with Gasteiger partial charge in [-0.3, -0.25) is 0 Å². The molecule has 0 aliphatic heterocycles. The summed E-state index contributed by atoms with van der Waals surface area (Å²) in [6, 6.07) is 6.17. The highest BCUT2D eigenvalue weighted by molar-refractivity contribution is 9.10. The molecule has 1 aromatic carbocycles. The minimum Gasteiger partial charge on any atom is -0.389 e. The van der Waals surface area contributed by atoms with E-state index in [9.17, 15) is 4.39 Å². The third kappa shape index (κ3) is 2.80. The molecule has 7 heteroatoms. The quantitative estimate of drug-likeness (QED) is 0.849. The van der Waals surface area contributed by atoms with Crippen molar-refractivity contribution in [2.24, 2.45) is 5.73 Å². The number of rotatable bonds is 3.